The quantitative estimate of drug-likeness (QED) is 0.512. The van der Waals surface area contributed by atoms with Gasteiger partial charge in [0, 0.05) is 25.8 Å². The van der Waals surface area contributed by atoms with Crippen LogP contribution in [0.15, 0.2) is 24.3 Å². The highest BCUT2D eigenvalue weighted by Gasteiger charge is 2.36. The van der Waals surface area contributed by atoms with Gasteiger partial charge in [-0.15, -0.1) is 0 Å². The van der Waals surface area contributed by atoms with Crippen LogP contribution in [-0.4, -0.2) is 68.2 Å². The van der Waals surface area contributed by atoms with E-state index in [4.69, 9.17) is 14.2 Å². The summed E-state index contributed by atoms with van der Waals surface area (Å²) in [5.74, 6) is -0.408. The van der Waals surface area contributed by atoms with Crippen LogP contribution in [0, 0.1) is 0 Å². The molecule has 164 valence electrons. The number of amides is 2. The SMILES string of the molecule is COCCOc1ccc(C(=O)N2CCNC(=O)[C@H]2CC(=O)OC2CCCCC2)cc1. The maximum Gasteiger partial charge on any atom is 0.308 e. The predicted molar refractivity (Wildman–Crippen MR) is 109 cm³/mol. The molecule has 0 spiro atoms. The molecule has 2 aliphatic rings. The minimum absolute atomic E-state index is 0.0762. The van der Waals surface area contributed by atoms with Crippen molar-refractivity contribution in [2.45, 2.75) is 50.7 Å². The molecule has 1 aromatic rings. The van der Waals surface area contributed by atoms with E-state index in [1.165, 1.54) is 4.90 Å². The average Bonchev–Trinajstić information content (AvgIpc) is 2.76. The van der Waals surface area contributed by atoms with Crippen LogP contribution < -0.4 is 10.1 Å². The van der Waals surface area contributed by atoms with E-state index < -0.39 is 12.0 Å². The Bertz CT molecular complexity index is 730. The molecule has 2 fully saturated rings. The third kappa shape index (κ3) is 5.95. The topological polar surface area (TPSA) is 94.2 Å². The van der Waals surface area contributed by atoms with Gasteiger partial charge in [-0.3, -0.25) is 14.4 Å². The maximum absolute atomic E-state index is 13.0. The zero-order valence-electron chi connectivity index (χ0n) is 17.4. The number of benzene rings is 1. The summed E-state index contributed by atoms with van der Waals surface area (Å²) < 4.78 is 16.0. The number of methoxy groups -OCH3 is 1. The first-order chi connectivity index (χ1) is 14.6. The molecule has 1 aliphatic heterocycles. The van der Waals surface area contributed by atoms with Crippen LogP contribution >= 0.6 is 0 Å². The minimum atomic E-state index is -0.861. The van der Waals surface area contributed by atoms with Crippen LogP contribution in [0.2, 0.25) is 0 Å². The molecule has 2 amide bonds. The summed E-state index contributed by atoms with van der Waals surface area (Å²) in [6, 6.07) is 5.88. The second-order valence-electron chi connectivity index (χ2n) is 7.63. The lowest BCUT2D eigenvalue weighted by Gasteiger charge is -2.35. The number of hydrogen-bond donors (Lipinski definition) is 1. The Labute approximate surface area is 176 Å². The van der Waals surface area contributed by atoms with Gasteiger partial charge in [0.1, 0.15) is 24.5 Å². The van der Waals surface area contributed by atoms with E-state index in [-0.39, 0.29) is 24.3 Å². The zero-order valence-corrected chi connectivity index (χ0v) is 17.4. The van der Waals surface area contributed by atoms with Crippen molar-refractivity contribution in [2.24, 2.45) is 0 Å². The fraction of sp³-hybridized carbons (Fsp3) is 0.591. The molecule has 30 heavy (non-hydrogen) atoms. The number of ether oxygens (including phenoxy) is 3. The Morgan fingerprint density at radius 1 is 1.10 bits per heavy atom. The molecule has 1 atom stereocenters. The van der Waals surface area contributed by atoms with Crippen molar-refractivity contribution < 1.29 is 28.6 Å². The number of hydrogen-bond acceptors (Lipinski definition) is 6. The molecule has 1 heterocycles. The number of nitrogens with zero attached hydrogens (tertiary/aromatic N) is 1. The van der Waals surface area contributed by atoms with Gasteiger partial charge >= 0.3 is 5.97 Å². The molecule has 0 bridgehead atoms. The number of piperazine rings is 1. The minimum Gasteiger partial charge on any atom is -0.491 e. The van der Waals surface area contributed by atoms with Crippen LogP contribution in [0.5, 0.6) is 5.75 Å². The highest BCUT2D eigenvalue weighted by Crippen LogP contribution is 2.22. The van der Waals surface area contributed by atoms with Gasteiger partial charge in [0.15, 0.2) is 0 Å². The number of nitrogens with one attached hydrogen (secondary N) is 1. The average molecular weight is 418 g/mol. The summed E-state index contributed by atoms with van der Waals surface area (Å²) in [6.45, 7) is 1.60. The molecule has 8 nitrogen and oxygen atoms in total. The molecule has 0 aromatic heterocycles. The van der Waals surface area contributed by atoms with Crippen LogP contribution in [-0.2, 0) is 19.1 Å². The zero-order chi connectivity index (χ0) is 21.3. The van der Waals surface area contributed by atoms with E-state index in [9.17, 15) is 14.4 Å². The van der Waals surface area contributed by atoms with Gasteiger partial charge in [0.2, 0.25) is 5.91 Å². The van der Waals surface area contributed by atoms with Crippen LogP contribution in [0.3, 0.4) is 0 Å². The summed E-state index contributed by atoms with van der Waals surface area (Å²) in [4.78, 5) is 39.3. The van der Waals surface area contributed by atoms with E-state index in [0.717, 1.165) is 32.1 Å². The number of esters is 1. The number of carbonyl (C=O) groups excluding carboxylic acids is 3. The van der Waals surface area contributed by atoms with Crippen LogP contribution in [0.1, 0.15) is 48.9 Å². The normalized spacial score (nSPS) is 19.8. The Morgan fingerprint density at radius 3 is 2.53 bits per heavy atom. The van der Waals surface area contributed by atoms with Crippen molar-refractivity contribution in [3.8, 4) is 5.75 Å². The summed E-state index contributed by atoms with van der Waals surface area (Å²) in [7, 11) is 1.60. The van der Waals surface area contributed by atoms with Gasteiger partial charge in [-0.25, -0.2) is 0 Å². The van der Waals surface area contributed by atoms with E-state index in [1.54, 1.807) is 31.4 Å². The highest BCUT2D eigenvalue weighted by atomic mass is 16.5. The third-order valence-corrected chi connectivity index (χ3v) is 5.46. The fourth-order valence-corrected chi connectivity index (χ4v) is 3.84. The lowest BCUT2D eigenvalue weighted by molar-refractivity contribution is -0.153. The summed E-state index contributed by atoms with van der Waals surface area (Å²) in [5, 5.41) is 2.74. The molecular weight excluding hydrogens is 388 g/mol. The molecule has 1 aromatic carbocycles. The second-order valence-corrected chi connectivity index (χ2v) is 7.63. The molecule has 0 radical (unpaired) electrons. The molecule has 1 saturated carbocycles. The number of carbonyl (C=O) groups is 3. The maximum atomic E-state index is 13.0. The largest absolute Gasteiger partial charge is 0.491 e. The first kappa shape index (κ1) is 22.1. The van der Waals surface area contributed by atoms with E-state index in [2.05, 4.69) is 5.32 Å². The summed E-state index contributed by atoms with van der Waals surface area (Å²) in [5.41, 5.74) is 0.439. The van der Waals surface area contributed by atoms with E-state index >= 15 is 0 Å². The van der Waals surface area contributed by atoms with E-state index in [0.29, 0.717) is 37.6 Å². The molecule has 3 rings (SSSR count). The Kier molecular flexibility index (Phi) is 8.07. The van der Waals surface area contributed by atoms with Gasteiger partial charge in [0.05, 0.1) is 13.0 Å². The van der Waals surface area contributed by atoms with Gasteiger partial charge < -0.3 is 24.4 Å². The Balaban J connectivity index is 1.62. The fourth-order valence-electron chi connectivity index (χ4n) is 3.84. The summed E-state index contributed by atoms with van der Waals surface area (Å²) in [6.07, 6.45) is 4.79. The number of rotatable bonds is 8. The smallest absolute Gasteiger partial charge is 0.308 e. The van der Waals surface area contributed by atoms with Crippen molar-refractivity contribution in [2.75, 3.05) is 33.4 Å². The van der Waals surface area contributed by atoms with Gasteiger partial charge in [-0.1, -0.05) is 6.42 Å². The summed E-state index contributed by atoms with van der Waals surface area (Å²) >= 11 is 0. The van der Waals surface area contributed by atoms with Crippen molar-refractivity contribution in [3.05, 3.63) is 29.8 Å². The lowest BCUT2D eigenvalue weighted by atomic mass is 9.98. The van der Waals surface area contributed by atoms with Crippen molar-refractivity contribution in [1.82, 2.24) is 10.2 Å². The third-order valence-electron chi connectivity index (χ3n) is 5.46. The second kappa shape index (κ2) is 11.0. The Morgan fingerprint density at radius 2 is 1.83 bits per heavy atom. The van der Waals surface area contributed by atoms with Crippen molar-refractivity contribution >= 4 is 17.8 Å². The first-order valence-corrected chi connectivity index (χ1v) is 10.6. The molecule has 0 unspecified atom stereocenters. The van der Waals surface area contributed by atoms with Gasteiger partial charge in [0.25, 0.3) is 5.91 Å². The van der Waals surface area contributed by atoms with Crippen molar-refractivity contribution in [1.29, 1.82) is 0 Å². The predicted octanol–water partition coefficient (Wildman–Crippen LogP) is 1.92. The Hall–Kier alpha value is -2.61. The van der Waals surface area contributed by atoms with Gasteiger partial charge in [-0.05, 0) is 49.9 Å². The van der Waals surface area contributed by atoms with E-state index in [1.807, 2.05) is 0 Å². The molecule has 1 aliphatic carbocycles. The first-order valence-electron chi connectivity index (χ1n) is 10.6. The molecule has 8 heteroatoms. The molecule has 1 saturated heterocycles. The van der Waals surface area contributed by atoms with Crippen LogP contribution in [0.25, 0.3) is 0 Å². The monoisotopic (exact) mass is 418 g/mol. The van der Waals surface area contributed by atoms with Gasteiger partial charge in [-0.2, -0.15) is 0 Å². The molecular formula is C22H30N2O6. The molecule has 1 N–H and O–H groups in total. The van der Waals surface area contributed by atoms with Crippen molar-refractivity contribution in [3.63, 3.8) is 0 Å². The highest BCUT2D eigenvalue weighted by molar-refractivity contribution is 5.99. The lowest BCUT2D eigenvalue weighted by Crippen LogP contribution is -2.58. The van der Waals surface area contributed by atoms with Crippen LogP contribution in [0.4, 0.5) is 0 Å². The standard InChI is InChI=1S/C22H30N2O6/c1-28-13-14-29-17-9-7-16(8-10-17)22(27)24-12-11-23-21(26)19(24)15-20(25)30-18-5-3-2-4-6-18/h7-10,18-19H,2-6,11-15H2,1H3,(H,23,26)/t19-/m1/s1.